The fourth-order valence-corrected chi connectivity index (χ4v) is 4.59. The molecular formula is C24H25N3O2S. The summed E-state index contributed by atoms with van der Waals surface area (Å²) < 4.78 is 30.3. The summed E-state index contributed by atoms with van der Waals surface area (Å²) in [7, 11) is -3.57. The number of benzene rings is 3. The molecule has 0 saturated heterocycles. The van der Waals surface area contributed by atoms with Crippen molar-refractivity contribution in [2.75, 3.05) is 6.54 Å². The molecule has 4 aromatic rings. The van der Waals surface area contributed by atoms with Gasteiger partial charge in [-0.05, 0) is 56.2 Å². The number of aromatic nitrogens is 2. The van der Waals surface area contributed by atoms with E-state index in [0.717, 1.165) is 33.5 Å². The average molecular weight is 420 g/mol. The number of sulfonamides is 1. The lowest BCUT2D eigenvalue weighted by Gasteiger charge is -2.12. The Bertz CT molecular complexity index is 1310. The monoisotopic (exact) mass is 419 g/mol. The molecule has 0 fully saturated rings. The summed E-state index contributed by atoms with van der Waals surface area (Å²) >= 11 is 0. The van der Waals surface area contributed by atoms with E-state index >= 15 is 0 Å². The van der Waals surface area contributed by atoms with Gasteiger partial charge in [0.2, 0.25) is 10.0 Å². The van der Waals surface area contributed by atoms with E-state index in [1.165, 1.54) is 5.56 Å². The van der Waals surface area contributed by atoms with Crippen molar-refractivity contribution in [1.82, 2.24) is 14.3 Å². The van der Waals surface area contributed by atoms with Crippen LogP contribution in [0.5, 0.6) is 0 Å². The minimum absolute atomic E-state index is 0.272. The summed E-state index contributed by atoms with van der Waals surface area (Å²) in [6, 6.07) is 21.3. The molecule has 0 aliphatic heterocycles. The molecule has 3 aromatic carbocycles. The van der Waals surface area contributed by atoms with E-state index in [1.54, 1.807) is 12.1 Å². The molecule has 5 nitrogen and oxygen atoms in total. The molecule has 0 radical (unpaired) electrons. The summed E-state index contributed by atoms with van der Waals surface area (Å²) in [5.74, 6) is 0.835. The molecule has 0 atom stereocenters. The molecule has 0 aliphatic carbocycles. The first-order valence-corrected chi connectivity index (χ1v) is 11.4. The quantitative estimate of drug-likeness (QED) is 0.496. The molecule has 6 heteroatoms. The molecule has 30 heavy (non-hydrogen) atoms. The number of rotatable bonds is 6. The molecule has 4 rings (SSSR count). The maximum absolute atomic E-state index is 12.7. The third kappa shape index (κ3) is 4.01. The van der Waals surface area contributed by atoms with Gasteiger partial charge in [0, 0.05) is 18.7 Å². The fourth-order valence-electron chi connectivity index (χ4n) is 3.48. The maximum Gasteiger partial charge on any atom is 0.240 e. The first-order chi connectivity index (χ1) is 14.3. The molecular weight excluding hydrogens is 394 g/mol. The lowest BCUT2D eigenvalue weighted by atomic mass is 10.1. The van der Waals surface area contributed by atoms with Crippen molar-refractivity contribution in [3.8, 4) is 11.4 Å². The zero-order valence-corrected chi connectivity index (χ0v) is 18.2. The van der Waals surface area contributed by atoms with Crippen LogP contribution in [0.15, 0.2) is 71.6 Å². The first kappa shape index (κ1) is 20.3. The van der Waals surface area contributed by atoms with E-state index in [-0.39, 0.29) is 6.54 Å². The normalized spacial score (nSPS) is 11.8. The highest BCUT2D eigenvalue weighted by Crippen LogP contribution is 2.25. The highest BCUT2D eigenvalue weighted by molar-refractivity contribution is 7.89. The van der Waals surface area contributed by atoms with Gasteiger partial charge in [-0.25, -0.2) is 18.1 Å². The number of imidazole rings is 1. The van der Waals surface area contributed by atoms with Crippen LogP contribution < -0.4 is 4.72 Å². The van der Waals surface area contributed by atoms with Crippen LogP contribution in [0.4, 0.5) is 0 Å². The summed E-state index contributed by atoms with van der Waals surface area (Å²) in [4.78, 5) is 5.08. The summed E-state index contributed by atoms with van der Waals surface area (Å²) in [5.41, 5.74) is 6.10. The Morgan fingerprint density at radius 1 is 0.900 bits per heavy atom. The zero-order chi connectivity index (χ0) is 21.3. The van der Waals surface area contributed by atoms with Crippen molar-refractivity contribution in [2.45, 2.75) is 32.2 Å². The second-order valence-corrected chi connectivity index (χ2v) is 9.35. The van der Waals surface area contributed by atoms with Gasteiger partial charge in [0.1, 0.15) is 5.82 Å². The third-order valence-corrected chi connectivity index (χ3v) is 6.84. The smallest absolute Gasteiger partial charge is 0.240 e. The summed E-state index contributed by atoms with van der Waals surface area (Å²) in [5, 5.41) is 0. The zero-order valence-electron chi connectivity index (χ0n) is 17.4. The largest absolute Gasteiger partial charge is 0.323 e. The Labute approximate surface area is 177 Å². The highest BCUT2D eigenvalue weighted by Gasteiger charge is 2.16. The van der Waals surface area contributed by atoms with Crippen LogP contribution >= 0.6 is 0 Å². The van der Waals surface area contributed by atoms with E-state index in [1.807, 2.05) is 63.2 Å². The van der Waals surface area contributed by atoms with Gasteiger partial charge < -0.3 is 4.57 Å². The molecule has 0 saturated carbocycles. The van der Waals surface area contributed by atoms with Gasteiger partial charge in [0.15, 0.2) is 0 Å². The van der Waals surface area contributed by atoms with Gasteiger partial charge in [0.05, 0.1) is 15.9 Å². The summed E-state index contributed by atoms with van der Waals surface area (Å²) in [6.07, 6.45) is 0. The second kappa shape index (κ2) is 8.05. The van der Waals surface area contributed by atoms with Crippen molar-refractivity contribution in [1.29, 1.82) is 0 Å². The minimum Gasteiger partial charge on any atom is -0.323 e. The molecule has 1 aromatic heterocycles. The second-order valence-electron chi connectivity index (χ2n) is 7.59. The highest BCUT2D eigenvalue weighted by atomic mass is 32.2. The summed E-state index contributed by atoms with van der Waals surface area (Å²) in [6.45, 7) is 6.69. The molecule has 1 heterocycles. The number of hydrogen-bond acceptors (Lipinski definition) is 3. The van der Waals surface area contributed by atoms with E-state index in [4.69, 9.17) is 4.98 Å². The maximum atomic E-state index is 12.7. The standard InChI is InChI=1S/C24H25N3O2S/c1-17-8-11-20(12-9-17)24-26-22-6-4-5-7-23(22)27(24)15-14-25-30(28,29)21-13-10-18(2)19(3)16-21/h4-13,16,25H,14-15H2,1-3H3. The van der Waals surface area contributed by atoms with Crippen molar-refractivity contribution in [3.63, 3.8) is 0 Å². The Hall–Kier alpha value is -2.96. The molecule has 1 N–H and O–H groups in total. The van der Waals surface area contributed by atoms with Crippen LogP contribution in [-0.4, -0.2) is 24.5 Å². The lowest BCUT2D eigenvalue weighted by molar-refractivity contribution is 0.574. The van der Waals surface area contributed by atoms with Gasteiger partial charge >= 0.3 is 0 Å². The van der Waals surface area contributed by atoms with Crippen molar-refractivity contribution in [3.05, 3.63) is 83.4 Å². The molecule has 0 unspecified atom stereocenters. The van der Waals surface area contributed by atoms with Crippen LogP contribution in [0.25, 0.3) is 22.4 Å². The van der Waals surface area contributed by atoms with Gasteiger partial charge in [-0.15, -0.1) is 0 Å². The predicted molar refractivity (Wildman–Crippen MR) is 121 cm³/mol. The average Bonchev–Trinajstić information content (AvgIpc) is 3.09. The molecule has 0 bridgehead atoms. The Balaban J connectivity index is 1.61. The van der Waals surface area contributed by atoms with Gasteiger partial charge in [-0.2, -0.15) is 0 Å². The van der Waals surface area contributed by atoms with E-state index in [2.05, 4.69) is 21.4 Å². The topological polar surface area (TPSA) is 64.0 Å². The van der Waals surface area contributed by atoms with Crippen molar-refractivity contribution < 1.29 is 8.42 Å². The van der Waals surface area contributed by atoms with E-state index in [9.17, 15) is 8.42 Å². The predicted octanol–water partition coefficient (Wildman–Crippen LogP) is 4.61. The molecule has 0 aliphatic rings. The van der Waals surface area contributed by atoms with Crippen LogP contribution in [0, 0.1) is 20.8 Å². The number of nitrogens with one attached hydrogen (secondary N) is 1. The number of aryl methyl sites for hydroxylation is 3. The van der Waals surface area contributed by atoms with Crippen LogP contribution in [-0.2, 0) is 16.6 Å². The van der Waals surface area contributed by atoms with Crippen LogP contribution in [0.3, 0.4) is 0 Å². The van der Waals surface area contributed by atoms with Gasteiger partial charge in [0.25, 0.3) is 0 Å². The number of para-hydroxylation sites is 2. The SMILES string of the molecule is Cc1ccc(-c2nc3ccccc3n2CCNS(=O)(=O)c2ccc(C)c(C)c2)cc1. The molecule has 154 valence electrons. The third-order valence-electron chi connectivity index (χ3n) is 5.38. The first-order valence-electron chi connectivity index (χ1n) is 9.94. The lowest BCUT2D eigenvalue weighted by Crippen LogP contribution is -2.27. The van der Waals surface area contributed by atoms with Crippen LogP contribution in [0.2, 0.25) is 0 Å². The number of hydrogen-bond donors (Lipinski definition) is 1. The van der Waals surface area contributed by atoms with E-state index < -0.39 is 10.0 Å². The van der Waals surface area contributed by atoms with Crippen molar-refractivity contribution in [2.24, 2.45) is 0 Å². The fraction of sp³-hybridized carbons (Fsp3) is 0.208. The van der Waals surface area contributed by atoms with E-state index in [0.29, 0.717) is 11.4 Å². The van der Waals surface area contributed by atoms with Gasteiger partial charge in [-0.1, -0.05) is 48.0 Å². The van der Waals surface area contributed by atoms with Crippen molar-refractivity contribution >= 4 is 21.1 Å². The van der Waals surface area contributed by atoms with Crippen LogP contribution in [0.1, 0.15) is 16.7 Å². The number of fused-ring (bicyclic) bond motifs is 1. The number of nitrogens with zero attached hydrogens (tertiary/aromatic N) is 2. The molecule has 0 amide bonds. The Kier molecular flexibility index (Phi) is 5.45. The minimum atomic E-state index is -3.57. The Morgan fingerprint density at radius 3 is 2.37 bits per heavy atom. The Morgan fingerprint density at radius 2 is 1.63 bits per heavy atom. The van der Waals surface area contributed by atoms with Gasteiger partial charge in [-0.3, -0.25) is 0 Å². The molecule has 0 spiro atoms.